The summed E-state index contributed by atoms with van der Waals surface area (Å²) in [5, 5.41) is 1.36. The summed E-state index contributed by atoms with van der Waals surface area (Å²) in [6.45, 7) is 4.18. The number of ether oxygens (including phenoxy) is 1. The SMILES string of the molecule is Cc1c(-c2cc(C(=O)NS(=O)(=O)c3ccccc3)c3c(OCCc4ccccc4)ccc(C)c3n2)oc2ccccc12. The minimum atomic E-state index is -4.14. The maximum Gasteiger partial charge on any atom is 0.265 e. The number of aryl methyl sites for hydroxylation is 2. The highest BCUT2D eigenvalue weighted by Crippen LogP contribution is 2.37. The summed E-state index contributed by atoms with van der Waals surface area (Å²) in [7, 11) is -4.14. The fourth-order valence-electron chi connectivity index (χ4n) is 5.04. The summed E-state index contributed by atoms with van der Waals surface area (Å²) in [6.07, 6.45) is 0.657. The van der Waals surface area contributed by atoms with Gasteiger partial charge in [0.25, 0.3) is 15.9 Å². The molecule has 4 aromatic carbocycles. The van der Waals surface area contributed by atoms with Gasteiger partial charge in [-0.3, -0.25) is 4.79 Å². The number of furan rings is 1. The molecule has 0 saturated heterocycles. The molecule has 0 unspecified atom stereocenters. The molecule has 2 heterocycles. The summed E-state index contributed by atoms with van der Waals surface area (Å²) in [5.41, 5.74) is 4.54. The third kappa shape index (κ3) is 5.24. The van der Waals surface area contributed by atoms with Crippen molar-refractivity contribution in [1.82, 2.24) is 9.71 Å². The first-order valence-corrected chi connectivity index (χ1v) is 15.0. The van der Waals surface area contributed by atoms with E-state index in [9.17, 15) is 13.2 Å². The summed E-state index contributed by atoms with van der Waals surface area (Å²) >= 11 is 0. The number of rotatable bonds is 8. The predicted molar refractivity (Wildman–Crippen MR) is 163 cm³/mol. The number of para-hydroxylation sites is 1. The van der Waals surface area contributed by atoms with Gasteiger partial charge in [0.1, 0.15) is 17.0 Å². The Morgan fingerprint density at radius 1 is 0.881 bits per heavy atom. The zero-order valence-electron chi connectivity index (χ0n) is 23.1. The van der Waals surface area contributed by atoms with Crippen LogP contribution in [0.3, 0.4) is 0 Å². The van der Waals surface area contributed by atoms with Crippen molar-refractivity contribution < 1.29 is 22.4 Å². The van der Waals surface area contributed by atoms with Gasteiger partial charge in [-0.25, -0.2) is 18.1 Å². The number of hydrogen-bond donors (Lipinski definition) is 1. The Labute approximate surface area is 243 Å². The largest absolute Gasteiger partial charge is 0.493 e. The highest BCUT2D eigenvalue weighted by atomic mass is 32.2. The van der Waals surface area contributed by atoms with Gasteiger partial charge in [-0.1, -0.05) is 72.8 Å². The van der Waals surface area contributed by atoms with Crippen LogP contribution in [0.4, 0.5) is 0 Å². The maximum absolute atomic E-state index is 13.8. The molecule has 0 bridgehead atoms. The smallest absolute Gasteiger partial charge is 0.265 e. The van der Waals surface area contributed by atoms with Gasteiger partial charge >= 0.3 is 0 Å². The molecular formula is C34H28N2O5S. The third-order valence-corrected chi connectivity index (χ3v) is 8.56. The lowest BCUT2D eigenvalue weighted by Crippen LogP contribution is -2.31. The monoisotopic (exact) mass is 576 g/mol. The second kappa shape index (κ2) is 11.1. The quantitative estimate of drug-likeness (QED) is 0.209. The number of nitrogens with one attached hydrogen (secondary N) is 1. The van der Waals surface area contributed by atoms with Gasteiger partial charge in [-0.15, -0.1) is 0 Å². The molecule has 1 amide bonds. The number of nitrogens with zero attached hydrogens (tertiary/aromatic N) is 1. The molecule has 0 aliphatic carbocycles. The van der Waals surface area contributed by atoms with Crippen LogP contribution in [0.2, 0.25) is 0 Å². The first-order valence-electron chi connectivity index (χ1n) is 13.5. The van der Waals surface area contributed by atoms with Crippen LogP contribution >= 0.6 is 0 Å². The van der Waals surface area contributed by atoms with Crippen molar-refractivity contribution in [3.63, 3.8) is 0 Å². The van der Waals surface area contributed by atoms with Crippen LogP contribution in [0.1, 0.15) is 27.0 Å². The minimum Gasteiger partial charge on any atom is -0.493 e. The van der Waals surface area contributed by atoms with Gasteiger partial charge < -0.3 is 9.15 Å². The zero-order chi connectivity index (χ0) is 29.3. The Morgan fingerprint density at radius 2 is 1.57 bits per heavy atom. The van der Waals surface area contributed by atoms with Crippen molar-refractivity contribution in [2.75, 3.05) is 6.61 Å². The van der Waals surface area contributed by atoms with Crippen LogP contribution < -0.4 is 9.46 Å². The van der Waals surface area contributed by atoms with E-state index in [0.717, 1.165) is 22.1 Å². The highest BCUT2D eigenvalue weighted by molar-refractivity contribution is 7.90. The fraction of sp³-hybridized carbons (Fsp3) is 0.118. The van der Waals surface area contributed by atoms with Crippen LogP contribution in [-0.4, -0.2) is 25.9 Å². The molecule has 42 heavy (non-hydrogen) atoms. The van der Waals surface area contributed by atoms with Crippen LogP contribution in [0.5, 0.6) is 5.75 Å². The number of fused-ring (bicyclic) bond motifs is 2. The van der Waals surface area contributed by atoms with Crippen molar-refractivity contribution in [3.05, 3.63) is 125 Å². The molecule has 6 rings (SSSR count). The molecular weight excluding hydrogens is 548 g/mol. The molecule has 210 valence electrons. The second-order valence-electron chi connectivity index (χ2n) is 10.0. The maximum atomic E-state index is 13.8. The summed E-state index contributed by atoms with van der Waals surface area (Å²) in [4.78, 5) is 18.8. The molecule has 0 atom stereocenters. The molecule has 7 nitrogen and oxygen atoms in total. The zero-order valence-corrected chi connectivity index (χ0v) is 23.9. The number of carbonyl (C=O) groups is 1. The van der Waals surface area contributed by atoms with Gasteiger partial charge in [0, 0.05) is 17.4 Å². The topological polar surface area (TPSA) is 98.5 Å². The number of carbonyl (C=O) groups excluding carboxylic acids is 1. The highest BCUT2D eigenvalue weighted by Gasteiger charge is 2.25. The molecule has 6 aromatic rings. The van der Waals surface area contributed by atoms with Crippen LogP contribution in [0.15, 0.2) is 112 Å². The number of pyridine rings is 1. The number of benzene rings is 4. The first kappa shape index (κ1) is 27.2. The van der Waals surface area contributed by atoms with E-state index in [-0.39, 0.29) is 10.5 Å². The lowest BCUT2D eigenvalue weighted by atomic mass is 10.0. The first-order chi connectivity index (χ1) is 20.3. The Balaban J connectivity index is 1.48. The van der Waals surface area contributed by atoms with Crippen molar-refractivity contribution in [2.24, 2.45) is 0 Å². The number of hydrogen-bond acceptors (Lipinski definition) is 6. The van der Waals surface area contributed by atoms with Gasteiger partial charge in [0.2, 0.25) is 0 Å². The van der Waals surface area contributed by atoms with Crippen molar-refractivity contribution >= 4 is 37.8 Å². The Morgan fingerprint density at radius 3 is 2.31 bits per heavy atom. The molecule has 0 aliphatic rings. The van der Waals surface area contributed by atoms with E-state index in [4.69, 9.17) is 14.1 Å². The summed E-state index contributed by atoms with van der Waals surface area (Å²) in [5.74, 6) is 0.154. The number of aromatic nitrogens is 1. The van der Waals surface area contributed by atoms with E-state index in [2.05, 4.69) is 4.72 Å². The molecule has 0 radical (unpaired) electrons. The van der Waals surface area contributed by atoms with E-state index in [1.165, 1.54) is 12.1 Å². The Bertz CT molecular complexity index is 2040. The van der Waals surface area contributed by atoms with Gasteiger partial charge in [0.05, 0.1) is 28.0 Å². The molecule has 0 spiro atoms. The van der Waals surface area contributed by atoms with E-state index in [0.29, 0.717) is 46.7 Å². The van der Waals surface area contributed by atoms with Crippen LogP contribution in [-0.2, 0) is 16.4 Å². The van der Waals surface area contributed by atoms with E-state index in [1.807, 2.05) is 74.5 Å². The summed E-state index contributed by atoms with van der Waals surface area (Å²) in [6, 6.07) is 30.6. The average Bonchev–Trinajstić information content (AvgIpc) is 3.35. The normalized spacial score (nSPS) is 11.6. The van der Waals surface area contributed by atoms with Crippen molar-refractivity contribution in [1.29, 1.82) is 0 Å². The minimum absolute atomic E-state index is 0.0134. The van der Waals surface area contributed by atoms with Gasteiger partial charge in [0.15, 0.2) is 5.76 Å². The molecule has 8 heteroatoms. The van der Waals surface area contributed by atoms with Crippen molar-refractivity contribution in [3.8, 4) is 17.2 Å². The van der Waals surface area contributed by atoms with Crippen LogP contribution in [0.25, 0.3) is 33.3 Å². The fourth-order valence-corrected chi connectivity index (χ4v) is 6.02. The van der Waals surface area contributed by atoms with Gasteiger partial charge in [-0.2, -0.15) is 0 Å². The molecule has 2 aromatic heterocycles. The summed E-state index contributed by atoms with van der Waals surface area (Å²) < 4.78 is 41.0. The average molecular weight is 577 g/mol. The molecule has 0 saturated carbocycles. The Hall–Kier alpha value is -4.95. The number of amides is 1. The lowest BCUT2D eigenvalue weighted by molar-refractivity contribution is 0.0982. The van der Waals surface area contributed by atoms with Crippen molar-refractivity contribution in [2.45, 2.75) is 25.2 Å². The predicted octanol–water partition coefficient (Wildman–Crippen LogP) is 7.01. The van der Waals surface area contributed by atoms with E-state index in [1.54, 1.807) is 30.3 Å². The standard InChI is InChI=1S/C34H28N2O5S/c1-22-17-18-30(40-20-19-24-11-5-3-6-12-24)31-27(34(37)36-42(38,39)25-13-7-4-8-14-25)21-28(35-32(22)31)33-23(2)26-15-9-10-16-29(26)41-33/h3-18,21H,19-20H2,1-2H3,(H,36,37). The molecule has 1 N–H and O–H groups in total. The second-order valence-corrected chi connectivity index (χ2v) is 11.7. The van der Waals surface area contributed by atoms with Crippen LogP contribution in [0, 0.1) is 13.8 Å². The molecule has 0 fully saturated rings. The molecule has 0 aliphatic heterocycles. The van der Waals surface area contributed by atoms with Gasteiger partial charge in [-0.05, 0) is 55.3 Å². The lowest BCUT2D eigenvalue weighted by Gasteiger charge is -2.16. The number of sulfonamides is 1. The third-order valence-electron chi connectivity index (χ3n) is 7.22. The Kier molecular flexibility index (Phi) is 7.22. The van der Waals surface area contributed by atoms with E-state index < -0.39 is 15.9 Å². The van der Waals surface area contributed by atoms with E-state index >= 15 is 0 Å².